The van der Waals surface area contributed by atoms with Crippen LogP contribution in [-0.2, 0) is 0 Å². The van der Waals surface area contributed by atoms with Gasteiger partial charge in [0.2, 0.25) is 0 Å². The van der Waals surface area contributed by atoms with E-state index in [4.69, 9.17) is 18.0 Å². The Hall–Kier alpha value is -1.81. The number of aromatic nitrogens is 2. The number of nitrogens with two attached hydrogens (primary N) is 1. The normalized spacial score (nSPS) is 9.87. The summed E-state index contributed by atoms with van der Waals surface area (Å²) in [6.07, 6.45) is 3.27. The molecule has 0 aliphatic rings. The van der Waals surface area contributed by atoms with Gasteiger partial charge in [-0.2, -0.15) is 0 Å². The van der Waals surface area contributed by atoms with Crippen LogP contribution < -0.4 is 5.73 Å². The van der Waals surface area contributed by atoms with Crippen molar-refractivity contribution in [3.8, 4) is 11.4 Å². The van der Waals surface area contributed by atoms with Crippen molar-refractivity contribution in [3.05, 3.63) is 48.3 Å². The van der Waals surface area contributed by atoms with Crippen molar-refractivity contribution < 1.29 is 0 Å². The second kappa shape index (κ2) is 4.14. The van der Waals surface area contributed by atoms with Gasteiger partial charge >= 0.3 is 0 Å². The Morgan fingerprint density at radius 3 is 2.20 bits per heavy atom. The fourth-order valence-electron chi connectivity index (χ4n) is 1.19. The van der Waals surface area contributed by atoms with Crippen LogP contribution in [0, 0.1) is 0 Å². The lowest BCUT2D eigenvalue weighted by Crippen LogP contribution is -2.10. The molecule has 0 bridgehead atoms. The molecule has 0 fully saturated rings. The summed E-state index contributed by atoms with van der Waals surface area (Å²) >= 11 is 4.82. The van der Waals surface area contributed by atoms with E-state index in [9.17, 15) is 0 Å². The van der Waals surface area contributed by atoms with Crippen molar-refractivity contribution in [2.75, 3.05) is 0 Å². The Morgan fingerprint density at radius 1 is 1.07 bits per heavy atom. The summed E-state index contributed by atoms with van der Waals surface area (Å²) in [5, 5.41) is 0. The van der Waals surface area contributed by atoms with Crippen LogP contribution in [0.1, 0.15) is 5.56 Å². The van der Waals surface area contributed by atoms with Gasteiger partial charge in [-0.25, -0.2) is 9.97 Å². The third-order valence-electron chi connectivity index (χ3n) is 1.97. The molecule has 0 aliphatic heterocycles. The van der Waals surface area contributed by atoms with Gasteiger partial charge in [0.25, 0.3) is 0 Å². The number of benzene rings is 1. The monoisotopic (exact) mass is 215 g/mol. The molecule has 0 radical (unpaired) electrons. The summed E-state index contributed by atoms with van der Waals surface area (Å²) < 4.78 is 0. The second-order valence-corrected chi connectivity index (χ2v) is 3.47. The molecule has 0 saturated carbocycles. The van der Waals surface area contributed by atoms with Crippen molar-refractivity contribution >= 4 is 17.2 Å². The zero-order valence-electron chi connectivity index (χ0n) is 7.92. The molecule has 0 unspecified atom stereocenters. The third kappa shape index (κ3) is 2.16. The van der Waals surface area contributed by atoms with E-state index in [0.717, 1.165) is 5.56 Å². The molecule has 2 N–H and O–H groups in total. The Labute approximate surface area is 93.0 Å². The molecule has 3 nitrogen and oxygen atoms in total. The molecule has 4 heteroatoms. The fourth-order valence-corrected chi connectivity index (χ4v) is 1.30. The minimum atomic E-state index is 0.314. The molecule has 0 spiro atoms. The molecule has 1 heterocycles. The molecular weight excluding hydrogens is 206 g/mol. The van der Waals surface area contributed by atoms with Crippen LogP contribution in [0.25, 0.3) is 11.4 Å². The highest BCUT2D eigenvalue weighted by molar-refractivity contribution is 7.80. The molecule has 74 valence electrons. The number of thiocarbonyl (C=S) groups is 1. The molecular formula is C11H9N3S. The van der Waals surface area contributed by atoms with E-state index in [1.54, 1.807) is 12.4 Å². The topological polar surface area (TPSA) is 51.8 Å². The van der Waals surface area contributed by atoms with E-state index < -0.39 is 0 Å². The summed E-state index contributed by atoms with van der Waals surface area (Å²) in [5.74, 6) is 0.676. The molecule has 1 aromatic carbocycles. The maximum atomic E-state index is 5.45. The SMILES string of the molecule is NC(=S)c1cnc(-c2ccccc2)nc1. The molecule has 2 rings (SSSR count). The summed E-state index contributed by atoms with van der Waals surface area (Å²) in [4.78, 5) is 8.70. The predicted molar refractivity (Wildman–Crippen MR) is 63.4 cm³/mol. The predicted octanol–water partition coefficient (Wildman–Crippen LogP) is 1.78. The Morgan fingerprint density at radius 2 is 1.67 bits per heavy atom. The minimum absolute atomic E-state index is 0.314. The molecule has 0 amide bonds. The van der Waals surface area contributed by atoms with Crippen LogP contribution >= 0.6 is 12.2 Å². The van der Waals surface area contributed by atoms with Crippen molar-refractivity contribution in [1.82, 2.24) is 9.97 Å². The van der Waals surface area contributed by atoms with E-state index in [0.29, 0.717) is 16.4 Å². The van der Waals surface area contributed by atoms with E-state index in [1.807, 2.05) is 30.3 Å². The highest BCUT2D eigenvalue weighted by Crippen LogP contribution is 2.12. The standard InChI is InChI=1S/C11H9N3S/c12-10(15)9-6-13-11(14-7-9)8-4-2-1-3-5-8/h1-7H,(H2,12,15). The zero-order valence-corrected chi connectivity index (χ0v) is 8.74. The van der Waals surface area contributed by atoms with Crippen molar-refractivity contribution in [2.24, 2.45) is 5.73 Å². The first-order valence-electron chi connectivity index (χ1n) is 4.44. The van der Waals surface area contributed by atoms with Crippen LogP contribution in [0.5, 0.6) is 0 Å². The maximum absolute atomic E-state index is 5.45. The number of nitrogens with zero attached hydrogens (tertiary/aromatic N) is 2. The molecule has 1 aromatic heterocycles. The first kappa shape index (κ1) is 9.73. The number of rotatable bonds is 2. The lowest BCUT2D eigenvalue weighted by Gasteiger charge is -2.00. The highest BCUT2D eigenvalue weighted by atomic mass is 32.1. The third-order valence-corrected chi connectivity index (χ3v) is 2.20. The largest absolute Gasteiger partial charge is 0.389 e. The lowest BCUT2D eigenvalue weighted by atomic mass is 10.2. The van der Waals surface area contributed by atoms with Gasteiger partial charge in [-0.1, -0.05) is 42.5 Å². The Balaban J connectivity index is 2.36. The summed E-state index contributed by atoms with van der Waals surface area (Å²) in [6, 6.07) is 9.75. The zero-order chi connectivity index (χ0) is 10.7. The van der Waals surface area contributed by atoms with Crippen LogP contribution in [0.2, 0.25) is 0 Å². The van der Waals surface area contributed by atoms with Gasteiger partial charge < -0.3 is 5.73 Å². The van der Waals surface area contributed by atoms with Crippen LogP contribution in [0.4, 0.5) is 0 Å². The average molecular weight is 215 g/mol. The first-order chi connectivity index (χ1) is 7.27. The average Bonchev–Trinajstić information content (AvgIpc) is 2.30. The van der Waals surface area contributed by atoms with Crippen molar-refractivity contribution in [2.45, 2.75) is 0 Å². The number of hydrogen-bond acceptors (Lipinski definition) is 3. The summed E-state index contributed by atoms with van der Waals surface area (Å²) in [7, 11) is 0. The van der Waals surface area contributed by atoms with Gasteiger partial charge in [0.05, 0.1) is 0 Å². The maximum Gasteiger partial charge on any atom is 0.159 e. The van der Waals surface area contributed by atoms with Crippen molar-refractivity contribution in [3.63, 3.8) is 0 Å². The van der Waals surface area contributed by atoms with Gasteiger partial charge in [-0.3, -0.25) is 0 Å². The Kier molecular flexibility index (Phi) is 2.69. The van der Waals surface area contributed by atoms with Gasteiger partial charge in [0.15, 0.2) is 5.82 Å². The van der Waals surface area contributed by atoms with Gasteiger partial charge in [0, 0.05) is 23.5 Å². The lowest BCUT2D eigenvalue weighted by molar-refractivity contribution is 1.17. The van der Waals surface area contributed by atoms with Gasteiger partial charge in [-0.15, -0.1) is 0 Å². The van der Waals surface area contributed by atoms with Gasteiger partial charge in [0.1, 0.15) is 4.99 Å². The van der Waals surface area contributed by atoms with Crippen molar-refractivity contribution in [1.29, 1.82) is 0 Å². The first-order valence-corrected chi connectivity index (χ1v) is 4.85. The molecule has 0 saturated heterocycles. The van der Waals surface area contributed by atoms with Gasteiger partial charge in [-0.05, 0) is 0 Å². The highest BCUT2D eigenvalue weighted by Gasteiger charge is 2.01. The van der Waals surface area contributed by atoms with Crippen LogP contribution in [0.3, 0.4) is 0 Å². The minimum Gasteiger partial charge on any atom is -0.389 e. The molecule has 0 atom stereocenters. The summed E-state index contributed by atoms with van der Waals surface area (Å²) in [5.41, 5.74) is 7.12. The molecule has 15 heavy (non-hydrogen) atoms. The smallest absolute Gasteiger partial charge is 0.159 e. The molecule has 2 aromatic rings. The van der Waals surface area contributed by atoms with E-state index in [-0.39, 0.29) is 0 Å². The fraction of sp³-hybridized carbons (Fsp3) is 0. The Bertz CT molecular complexity index is 465. The van der Waals surface area contributed by atoms with Crippen LogP contribution in [0.15, 0.2) is 42.7 Å². The quantitative estimate of drug-likeness (QED) is 0.776. The molecule has 0 aliphatic carbocycles. The summed E-state index contributed by atoms with van der Waals surface area (Å²) in [6.45, 7) is 0. The second-order valence-electron chi connectivity index (χ2n) is 3.03. The van der Waals surface area contributed by atoms with E-state index in [1.165, 1.54) is 0 Å². The van der Waals surface area contributed by atoms with E-state index in [2.05, 4.69) is 9.97 Å². The number of hydrogen-bond donors (Lipinski definition) is 1. The van der Waals surface area contributed by atoms with Crippen LogP contribution in [-0.4, -0.2) is 15.0 Å². The van der Waals surface area contributed by atoms with E-state index >= 15 is 0 Å².